The highest BCUT2D eigenvalue weighted by molar-refractivity contribution is 5.83. The van der Waals surface area contributed by atoms with E-state index in [1.807, 2.05) is 0 Å². The summed E-state index contributed by atoms with van der Waals surface area (Å²) in [5.74, 6) is 1.08. The maximum Gasteiger partial charge on any atom is 0.0820 e. The Kier molecular flexibility index (Phi) is 3.09. The number of aliphatic hydroxyl groups is 1. The van der Waals surface area contributed by atoms with Crippen LogP contribution in [-0.4, -0.2) is 5.11 Å². The summed E-state index contributed by atoms with van der Waals surface area (Å²) in [6.07, 6.45) is 3.38. The van der Waals surface area contributed by atoms with Crippen LogP contribution < -0.4 is 0 Å². The molecule has 1 saturated carbocycles. The van der Waals surface area contributed by atoms with Gasteiger partial charge in [0, 0.05) is 0 Å². The summed E-state index contributed by atoms with van der Waals surface area (Å²) in [6.45, 7) is 2.27. The molecule has 0 aromatic heterocycles. The van der Waals surface area contributed by atoms with Crippen molar-refractivity contribution in [2.24, 2.45) is 11.8 Å². The molecule has 18 heavy (non-hydrogen) atoms. The fourth-order valence-electron chi connectivity index (χ4n) is 3.28. The molecule has 1 fully saturated rings. The first-order valence-electron chi connectivity index (χ1n) is 6.92. The average molecular weight is 240 g/mol. The largest absolute Gasteiger partial charge is 0.388 e. The minimum absolute atomic E-state index is 0.299. The standard InChI is InChI=1S/C17H20O/c1-12-5-4-8-16(12)17(18)15-10-9-13-6-2-3-7-14(13)11-15/h2-3,6-7,9-12,16-18H,4-5,8H2,1H3. The zero-order valence-electron chi connectivity index (χ0n) is 10.8. The van der Waals surface area contributed by atoms with E-state index in [0.717, 1.165) is 12.0 Å². The van der Waals surface area contributed by atoms with Gasteiger partial charge in [-0.3, -0.25) is 0 Å². The predicted molar refractivity (Wildman–Crippen MR) is 75.4 cm³/mol. The molecule has 1 aliphatic rings. The van der Waals surface area contributed by atoms with Gasteiger partial charge >= 0.3 is 0 Å². The van der Waals surface area contributed by atoms with Gasteiger partial charge in [-0.2, -0.15) is 0 Å². The molecule has 3 unspecified atom stereocenters. The number of hydrogen-bond donors (Lipinski definition) is 1. The van der Waals surface area contributed by atoms with E-state index in [2.05, 4.69) is 49.4 Å². The van der Waals surface area contributed by atoms with Crippen LogP contribution in [0.4, 0.5) is 0 Å². The van der Waals surface area contributed by atoms with Crippen LogP contribution in [-0.2, 0) is 0 Å². The van der Waals surface area contributed by atoms with E-state index in [1.165, 1.54) is 23.6 Å². The third-order valence-corrected chi connectivity index (χ3v) is 4.45. The van der Waals surface area contributed by atoms with Crippen molar-refractivity contribution in [3.63, 3.8) is 0 Å². The second-order valence-corrected chi connectivity index (χ2v) is 5.62. The molecule has 0 aliphatic heterocycles. The van der Waals surface area contributed by atoms with Crippen LogP contribution in [0.25, 0.3) is 10.8 Å². The summed E-state index contributed by atoms with van der Waals surface area (Å²) < 4.78 is 0. The van der Waals surface area contributed by atoms with Crippen LogP contribution in [0.1, 0.15) is 37.9 Å². The lowest BCUT2D eigenvalue weighted by Crippen LogP contribution is -2.14. The molecule has 1 heteroatoms. The maximum atomic E-state index is 10.6. The van der Waals surface area contributed by atoms with Gasteiger partial charge in [0.1, 0.15) is 0 Å². The Morgan fingerprint density at radius 2 is 1.83 bits per heavy atom. The molecule has 2 aromatic rings. The fourth-order valence-corrected chi connectivity index (χ4v) is 3.28. The summed E-state index contributed by atoms with van der Waals surface area (Å²) in [7, 11) is 0. The van der Waals surface area contributed by atoms with E-state index in [-0.39, 0.29) is 6.10 Å². The first kappa shape index (κ1) is 11.7. The van der Waals surface area contributed by atoms with Crippen molar-refractivity contribution in [2.45, 2.75) is 32.3 Å². The van der Waals surface area contributed by atoms with Crippen molar-refractivity contribution >= 4 is 10.8 Å². The molecule has 2 aromatic carbocycles. The van der Waals surface area contributed by atoms with Gasteiger partial charge in [-0.05, 0) is 40.7 Å². The number of aliphatic hydroxyl groups excluding tert-OH is 1. The average Bonchev–Trinajstić information content (AvgIpc) is 2.83. The summed E-state index contributed by atoms with van der Waals surface area (Å²) >= 11 is 0. The van der Waals surface area contributed by atoms with E-state index < -0.39 is 0 Å². The summed E-state index contributed by atoms with van der Waals surface area (Å²) in [6, 6.07) is 14.7. The quantitative estimate of drug-likeness (QED) is 0.829. The van der Waals surface area contributed by atoms with E-state index in [4.69, 9.17) is 0 Å². The minimum atomic E-state index is -0.299. The van der Waals surface area contributed by atoms with Crippen LogP contribution >= 0.6 is 0 Å². The molecular weight excluding hydrogens is 220 g/mol. The SMILES string of the molecule is CC1CCCC1C(O)c1ccc2ccccc2c1. The van der Waals surface area contributed by atoms with Crippen molar-refractivity contribution in [2.75, 3.05) is 0 Å². The maximum absolute atomic E-state index is 10.6. The van der Waals surface area contributed by atoms with Gasteiger partial charge < -0.3 is 5.11 Å². The normalized spacial score (nSPS) is 25.4. The van der Waals surface area contributed by atoms with Crippen molar-refractivity contribution < 1.29 is 5.11 Å². The van der Waals surface area contributed by atoms with Crippen LogP contribution in [0.5, 0.6) is 0 Å². The smallest absolute Gasteiger partial charge is 0.0820 e. The second kappa shape index (κ2) is 4.74. The van der Waals surface area contributed by atoms with Gasteiger partial charge in [0.25, 0.3) is 0 Å². The summed E-state index contributed by atoms with van der Waals surface area (Å²) in [4.78, 5) is 0. The number of hydrogen-bond acceptors (Lipinski definition) is 1. The lowest BCUT2D eigenvalue weighted by Gasteiger charge is -2.22. The Balaban J connectivity index is 1.93. The molecule has 1 aliphatic carbocycles. The first-order chi connectivity index (χ1) is 8.75. The second-order valence-electron chi connectivity index (χ2n) is 5.62. The summed E-state index contributed by atoms with van der Waals surface area (Å²) in [5, 5.41) is 13.0. The molecule has 3 rings (SSSR count). The van der Waals surface area contributed by atoms with Crippen molar-refractivity contribution in [1.82, 2.24) is 0 Å². The van der Waals surface area contributed by atoms with E-state index in [9.17, 15) is 5.11 Å². The Hall–Kier alpha value is -1.34. The number of benzene rings is 2. The van der Waals surface area contributed by atoms with Gasteiger partial charge in [-0.1, -0.05) is 56.2 Å². The van der Waals surface area contributed by atoms with E-state index in [1.54, 1.807) is 0 Å². The van der Waals surface area contributed by atoms with E-state index in [0.29, 0.717) is 11.8 Å². The van der Waals surface area contributed by atoms with Crippen LogP contribution in [0, 0.1) is 11.8 Å². The molecule has 0 amide bonds. The lowest BCUT2D eigenvalue weighted by atomic mass is 9.87. The van der Waals surface area contributed by atoms with Crippen molar-refractivity contribution in [3.8, 4) is 0 Å². The molecule has 1 N–H and O–H groups in total. The Morgan fingerprint density at radius 3 is 2.56 bits per heavy atom. The van der Waals surface area contributed by atoms with Crippen LogP contribution in [0.15, 0.2) is 42.5 Å². The van der Waals surface area contributed by atoms with Crippen molar-refractivity contribution in [3.05, 3.63) is 48.0 Å². The summed E-state index contributed by atoms with van der Waals surface area (Å²) in [5.41, 5.74) is 1.08. The molecule has 1 nitrogen and oxygen atoms in total. The molecule has 0 spiro atoms. The molecule has 0 saturated heterocycles. The predicted octanol–water partition coefficient (Wildman–Crippen LogP) is 4.31. The van der Waals surface area contributed by atoms with Gasteiger partial charge in [-0.15, -0.1) is 0 Å². The molecule has 94 valence electrons. The monoisotopic (exact) mass is 240 g/mol. The van der Waals surface area contributed by atoms with Crippen LogP contribution in [0.2, 0.25) is 0 Å². The van der Waals surface area contributed by atoms with Gasteiger partial charge in [0.05, 0.1) is 6.10 Å². The Bertz CT molecular complexity index is 546. The molecular formula is C17H20O. The number of rotatable bonds is 2. The minimum Gasteiger partial charge on any atom is -0.388 e. The van der Waals surface area contributed by atoms with Gasteiger partial charge in [-0.25, -0.2) is 0 Å². The lowest BCUT2D eigenvalue weighted by molar-refractivity contribution is 0.0902. The van der Waals surface area contributed by atoms with Crippen LogP contribution in [0.3, 0.4) is 0 Å². The highest BCUT2D eigenvalue weighted by Gasteiger charge is 2.30. The third kappa shape index (κ3) is 2.04. The molecule has 0 radical (unpaired) electrons. The zero-order valence-corrected chi connectivity index (χ0v) is 10.8. The molecule has 0 heterocycles. The highest BCUT2D eigenvalue weighted by atomic mass is 16.3. The molecule has 3 atom stereocenters. The Labute approximate surface area is 108 Å². The Morgan fingerprint density at radius 1 is 1.06 bits per heavy atom. The first-order valence-corrected chi connectivity index (χ1v) is 6.92. The zero-order chi connectivity index (χ0) is 12.5. The third-order valence-electron chi connectivity index (χ3n) is 4.45. The van der Waals surface area contributed by atoms with Gasteiger partial charge in [0.15, 0.2) is 0 Å². The van der Waals surface area contributed by atoms with Gasteiger partial charge in [0.2, 0.25) is 0 Å². The molecule has 0 bridgehead atoms. The number of fused-ring (bicyclic) bond motifs is 1. The van der Waals surface area contributed by atoms with E-state index >= 15 is 0 Å². The highest BCUT2D eigenvalue weighted by Crippen LogP contribution is 2.40. The topological polar surface area (TPSA) is 20.2 Å². The van der Waals surface area contributed by atoms with Crippen molar-refractivity contribution in [1.29, 1.82) is 0 Å². The fraction of sp³-hybridized carbons (Fsp3) is 0.412.